The van der Waals surface area contributed by atoms with Crippen LogP contribution in [0.2, 0.25) is 0 Å². The van der Waals surface area contributed by atoms with E-state index in [1.807, 2.05) is 0 Å². The normalized spacial score (nSPS) is 20.1. The molecule has 1 atom stereocenters. The number of aromatic nitrogens is 2. The molecule has 2 N–H and O–H groups in total. The predicted octanol–water partition coefficient (Wildman–Crippen LogP) is 1.77. The predicted molar refractivity (Wildman–Crippen MR) is 78.7 cm³/mol. The van der Waals surface area contributed by atoms with Crippen LogP contribution in [-0.4, -0.2) is 28.2 Å². The Morgan fingerprint density at radius 1 is 1.45 bits per heavy atom. The molecule has 1 saturated heterocycles. The maximum Gasteiger partial charge on any atom is 0.251 e. The summed E-state index contributed by atoms with van der Waals surface area (Å²) in [6.45, 7) is 7.71. The van der Waals surface area contributed by atoms with Crippen molar-refractivity contribution in [1.82, 2.24) is 15.3 Å². The highest BCUT2D eigenvalue weighted by Crippen LogP contribution is 2.15. The Hall–Kier alpha value is -1.20. The summed E-state index contributed by atoms with van der Waals surface area (Å²) < 4.78 is 5.70. The summed E-state index contributed by atoms with van der Waals surface area (Å²) in [6, 6.07) is 1.56. The summed E-state index contributed by atoms with van der Waals surface area (Å²) in [4.78, 5) is 19.1. The molecule has 0 radical (unpaired) electrons. The second-order valence-corrected chi connectivity index (χ2v) is 6.48. The first-order valence-electron chi connectivity index (χ1n) is 7.38. The van der Waals surface area contributed by atoms with Crippen molar-refractivity contribution in [3.8, 4) is 0 Å². The van der Waals surface area contributed by atoms with E-state index in [1.165, 1.54) is 6.42 Å². The topological polar surface area (TPSA) is 67.0 Å². The fraction of sp³-hybridized carbons (Fsp3) is 0.733. The van der Waals surface area contributed by atoms with E-state index in [-0.39, 0.29) is 17.2 Å². The summed E-state index contributed by atoms with van der Waals surface area (Å²) in [5.74, 6) is 0.732. The molecule has 0 amide bonds. The number of nitrogens with one attached hydrogen (secondary N) is 2. The summed E-state index contributed by atoms with van der Waals surface area (Å²) in [7, 11) is 0. The molecule has 5 heteroatoms. The maximum atomic E-state index is 11.7. The number of H-pyrrole nitrogens is 1. The largest absolute Gasteiger partial charge is 0.378 e. The lowest BCUT2D eigenvalue weighted by atomic mass is 10.1. The molecule has 0 bridgehead atoms. The van der Waals surface area contributed by atoms with Gasteiger partial charge in [0.25, 0.3) is 5.56 Å². The van der Waals surface area contributed by atoms with E-state index in [9.17, 15) is 4.79 Å². The highest BCUT2D eigenvalue weighted by molar-refractivity contribution is 5.04. The quantitative estimate of drug-likeness (QED) is 0.881. The molecular weight excluding hydrogens is 254 g/mol. The zero-order chi connectivity index (χ0) is 14.6. The van der Waals surface area contributed by atoms with Gasteiger partial charge in [-0.3, -0.25) is 4.79 Å². The van der Waals surface area contributed by atoms with E-state index >= 15 is 0 Å². The molecule has 0 saturated carbocycles. The molecule has 1 aliphatic rings. The third kappa shape index (κ3) is 5.06. The van der Waals surface area contributed by atoms with Crippen molar-refractivity contribution in [3.05, 3.63) is 27.9 Å². The smallest absolute Gasteiger partial charge is 0.251 e. The van der Waals surface area contributed by atoms with E-state index in [0.29, 0.717) is 13.0 Å². The lowest BCUT2D eigenvalue weighted by Crippen LogP contribution is -2.36. The van der Waals surface area contributed by atoms with E-state index in [2.05, 4.69) is 36.1 Å². The molecule has 0 aliphatic carbocycles. The van der Waals surface area contributed by atoms with E-state index < -0.39 is 0 Å². The van der Waals surface area contributed by atoms with Crippen molar-refractivity contribution in [2.75, 3.05) is 6.61 Å². The fourth-order valence-corrected chi connectivity index (χ4v) is 2.29. The van der Waals surface area contributed by atoms with Crippen molar-refractivity contribution >= 4 is 0 Å². The van der Waals surface area contributed by atoms with Crippen LogP contribution in [0.4, 0.5) is 0 Å². The zero-order valence-corrected chi connectivity index (χ0v) is 12.7. The molecule has 2 heterocycles. The molecule has 1 unspecified atom stereocenters. The second kappa shape index (κ2) is 6.50. The van der Waals surface area contributed by atoms with Crippen LogP contribution in [0.25, 0.3) is 0 Å². The molecule has 1 aromatic rings. The monoisotopic (exact) mass is 279 g/mol. The number of rotatable bonds is 4. The Labute approximate surface area is 120 Å². The fourth-order valence-electron chi connectivity index (χ4n) is 2.29. The Morgan fingerprint density at radius 3 is 2.90 bits per heavy atom. The van der Waals surface area contributed by atoms with Crippen LogP contribution in [0, 0.1) is 0 Å². The van der Waals surface area contributed by atoms with Crippen LogP contribution in [0.15, 0.2) is 10.9 Å². The van der Waals surface area contributed by atoms with Crippen molar-refractivity contribution in [2.45, 2.75) is 64.6 Å². The van der Waals surface area contributed by atoms with Gasteiger partial charge < -0.3 is 15.0 Å². The van der Waals surface area contributed by atoms with Crippen LogP contribution < -0.4 is 10.9 Å². The molecule has 2 rings (SSSR count). The molecule has 0 aromatic carbocycles. The molecule has 0 spiro atoms. The lowest BCUT2D eigenvalue weighted by molar-refractivity contribution is 0.0156. The maximum absolute atomic E-state index is 11.7. The number of nitrogens with zero attached hydrogens (tertiary/aromatic N) is 1. The minimum absolute atomic E-state index is 0.0108. The van der Waals surface area contributed by atoms with Gasteiger partial charge in [-0.1, -0.05) is 0 Å². The van der Waals surface area contributed by atoms with Crippen LogP contribution in [-0.2, 0) is 17.7 Å². The number of hydrogen-bond acceptors (Lipinski definition) is 4. The first-order chi connectivity index (χ1) is 9.42. The SMILES string of the molecule is CC(C)(C)NCc1cc(=O)[nH]c(CC2CCCCO2)n1. The molecule has 5 nitrogen and oxygen atoms in total. The van der Waals surface area contributed by atoms with E-state index in [0.717, 1.165) is 31.0 Å². The molecule has 20 heavy (non-hydrogen) atoms. The average molecular weight is 279 g/mol. The zero-order valence-electron chi connectivity index (χ0n) is 12.7. The third-order valence-electron chi connectivity index (χ3n) is 3.34. The third-order valence-corrected chi connectivity index (χ3v) is 3.34. The minimum Gasteiger partial charge on any atom is -0.378 e. The van der Waals surface area contributed by atoms with Gasteiger partial charge in [0.05, 0.1) is 11.8 Å². The van der Waals surface area contributed by atoms with Crippen molar-refractivity contribution in [1.29, 1.82) is 0 Å². The van der Waals surface area contributed by atoms with Crippen LogP contribution in [0.5, 0.6) is 0 Å². The van der Waals surface area contributed by atoms with E-state index in [4.69, 9.17) is 4.74 Å². The number of aromatic amines is 1. The Morgan fingerprint density at radius 2 is 2.25 bits per heavy atom. The first-order valence-corrected chi connectivity index (χ1v) is 7.38. The van der Waals surface area contributed by atoms with Gasteiger partial charge in [0.2, 0.25) is 0 Å². The second-order valence-electron chi connectivity index (χ2n) is 6.48. The minimum atomic E-state index is -0.0866. The first kappa shape index (κ1) is 15.2. The van der Waals surface area contributed by atoms with Crippen LogP contribution in [0.1, 0.15) is 51.6 Å². The highest BCUT2D eigenvalue weighted by atomic mass is 16.5. The van der Waals surface area contributed by atoms with Crippen molar-refractivity contribution in [3.63, 3.8) is 0 Å². The standard InChI is InChI=1S/C15H25N3O2/c1-15(2,3)16-10-11-8-14(19)18-13(17-11)9-12-6-4-5-7-20-12/h8,12,16H,4-7,9-10H2,1-3H3,(H,17,18,19). The van der Waals surface area contributed by atoms with Gasteiger partial charge in [-0.2, -0.15) is 0 Å². The summed E-state index contributed by atoms with van der Waals surface area (Å²) in [5.41, 5.74) is 0.711. The lowest BCUT2D eigenvalue weighted by Gasteiger charge is -2.22. The molecule has 1 aromatic heterocycles. The molecule has 1 fully saturated rings. The van der Waals surface area contributed by atoms with Gasteiger partial charge >= 0.3 is 0 Å². The Bertz CT molecular complexity index is 485. The molecule has 1 aliphatic heterocycles. The summed E-state index contributed by atoms with van der Waals surface area (Å²) in [5, 5.41) is 3.35. The average Bonchev–Trinajstić information content (AvgIpc) is 2.36. The summed E-state index contributed by atoms with van der Waals surface area (Å²) >= 11 is 0. The summed E-state index contributed by atoms with van der Waals surface area (Å²) in [6.07, 6.45) is 4.26. The van der Waals surface area contributed by atoms with Crippen LogP contribution in [0.3, 0.4) is 0 Å². The Balaban J connectivity index is 2.02. The number of ether oxygens (including phenoxy) is 1. The van der Waals surface area contributed by atoms with Gasteiger partial charge in [-0.15, -0.1) is 0 Å². The van der Waals surface area contributed by atoms with Crippen molar-refractivity contribution in [2.24, 2.45) is 0 Å². The highest BCUT2D eigenvalue weighted by Gasteiger charge is 2.16. The van der Waals surface area contributed by atoms with Gasteiger partial charge in [0.1, 0.15) is 5.82 Å². The number of hydrogen-bond donors (Lipinski definition) is 2. The van der Waals surface area contributed by atoms with Gasteiger partial charge in [0.15, 0.2) is 0 Å². The Kier molecular flexibility index (Phi) is 4.94. The van der Waals surface area contributed by atoms with Crippen molar-refractivity contribution < 1.29 is 4.74 Å². The molecular formula is C15H25N3O2. The van der Waals surface area contributed by atoms with E-state index in [1.54, 1.807) is 6.07 Å². The van der Waals surface area contributed by atoms with Gasteiger partial charge in [-0.05, 0) is 40.0 Å². The molecule has 112 valence electrons. The van der Waals surface area contributed by atoms with Gasteiger partial charge in [-0.25, -0.2) is 4.98 Å². The van der Waals surface area contributed by atoms with Gasteiger partial charge in [0, 0.05) is 31.2 Å². The van der Waals surface area contributed by atoms with Crippen LogP contribution >= 0.6 is 0 Å².